The fourth-order valence-corrected chi connectivity index (χ4v) is 3.12. The number of aromatic nitrogens is 1. The van der Waals surface area contributed by atoms with Gasteiger partial charge in [-0.1, -0.05) is 23.7 Å². The second-order valence-corrected chi connectivity index (χ2v) is 7.02. The summed E-state index contributed by atoms with van der Waals surface area (Å²) in [5.41, 5.74) is 1.18. The molecule has 0 fully saturated rings. The molecule has 138 valence electrons. The van der Waals surface area contributed by atoms with Crippen LogP contribution in [0.2, 0.25) is 5.02 Å². The van der Waals surface area contributed by atoms with Gasteiger partial charge in [-0.2, -0.15) is 0 Å². The molecular weight excluding hydrogens is 356 g/mol. The minimum Gasteiger partial charge on any atom is -0.394 e. The first-order valence-corrected chi connectivity index (χ1v) is 8.66. The zero-order valence-corrected chi connectivity index (χ0v) is 15.0. The Morgan fingerprint density at radius 3 is 2.42 bits per heavy atom. The van der Waals surface area contributed by atoms with E-state index in [9.17, 15) is 20.1 Å². The lowest BCUT2D eigenvalue weighted by molar-refractivity contribution is -0.126. The molecule has 6 nitrogen and oxygen atoms in total. The number of aliphatic hydroxyl groups excluding tert-OH is 3. The van der Waals surface area contributed by atoms with Gasteiger partial charge in [0.15, 0.2) is 0 Å². The molecule has 26 heavy (non-hydrogen) atoms. The second kappa shape index (κ2) is 7.25. The van der Waals surface area contributed by atoms with Crippen molar-refractivity contribution in [2.45, 2.75) is 18.4 Å². The van der Waals surface area contributed by atoms with Crippen molar-refractivity contribution in [1.82, 2.24) is 10.3 Å². The molecule has 0 unspecified atom stereocenters. The molecule has 0 aliphatic rings. The van der Waals surface area contributed by atoms with Gasteiger partial charge in [0.05, 0.1) is 25.7 Å². The van der Waals surface area contributed by atoms with Crippen LogP contribution in [0.25, 0.3) is 21.8 Å². The molecule has 1 amide bonds. The SMILES string of the molecule is C[C@H](C(=O)NC(CO)(CO)CO)c1ccc2c(c1)[nH]c1ccc(Cl)cc12. The van der Waals surface area contributed by atoms with E-state index >= 15 is 0 Å². The molecule has 0 saturated carbocycles. The van der Waals surface area contributed by atoms with E-state index in [2.05, 4.69) is 10.3 Å². The maximum atomic E-state index is 12.5. The van der Waals surface area contributed by atoms with Crippen LogP contribution in [0.5, 0.6) is 0 Å². The van der Waals surface area contributed by atoms with Crippen molar-refractivity contribution < 1.29 is 20.1 Å². The maximum absolute atomic E-state index is 12.5. The van der Waals surface area contributed by atoms with Gasteiger partial charge >= 0.3 is 0 Å². The number of nitrogens with one attached hydrogen (secondary N) is 2. The second-order valence-electron chi connectivity index (χ2n) is 6.59. The Balaban J connectivity index is 1.92. The van der Waals surface area contributed by atoms with Crippen molar-refractivity contribution in [1.29, 1.82) is 0 Å². The molecule has 1 aromatic heterocycles. The van der Waals surface area contributed by atoms with Crippen molar-refractivity contribution >= 4 is 39.3 Å². The van der Waals surface area contributed by atoms with E-state index in [0.29, 0.717) is 5.02 Å². The third-order valence-corrected chi connectivity index (χ3v) is 5.01. The lowest BCUT2D eigenvalue weighted by atomic mass is 9.96. The highest BCUT2D eigenvalue weighted by atomic mass is 35.5. The summed E-state index contributed by atoms with van der Waals surface area (Å²) in [6.45, 7) is 0.0632. The minimum atomic E-state index is -1.44. The van der Waals surface area contributed by atoms with E-state index in [0.717, 1.165) is 27.4 Å². The number of H-pyrrole nitrogens is 1. The summed E-state index contributed by atoms with van der Waals surface area (Å²) in [6.07, 6.45) is 0. The molecule has 7 heteroatoms. The summed E-state index contributed by atoms with van der Waals surface area (Å²) >= 11 is 6.07. The van der Waals surface area contributed by atoms with Gasteiger partial charge in [-0.25, -0.2) is 0 Å². The summed E-state index contributed by atoms with van der Waals surface area (Å²) in [7, 11) is 0. The van der Waals surface area contributed by atoms with Gasteiger partial charge in [-0.15, -0.1) is 0 Å². The number of carbonyl (C=O) groups excluding carboxylic acids is 1. The average Bonchev–Trinajstić information content (AvgIpc) is 3.02. The fraction of sp³-hybridized carbons (Fsp3) is 0.316. The van der Waals surface area contributed by atoms with E-state index in [4.69, 9.17) is 11.6 Å². The Morgan fingerprint density at radius 1 is 1.08 bits per heavy atom. The summed E-state index contributed by atoms with van der Waals surface area (Å²) in [6, 6.07) is 11.3. The third-order valence-electron chi connectivity index (χ3n) is 4.77. The van der Waals surface area contributed by atoms with E-state index in [1.54, 1.807) is 6.92 Å². The summed E-state index contributed by atoms with van der Waals surface area (Å²) < 4.78 is 0. The molecule has 1 atom stereocenters. The Bertz CT molecular complexity index is 941. The fourth-order valence-electron chi connectivity index (χ4n) is 2.95. The quantitative estimate of drug-likeness (QED) is 0.453. The molecular formula is C19H21ClN2O4. The zero-order chi connectivity index (χ0) is 18.9. The first-order valence-electron chi connectivity index (χ1n) is 8.28. The summed E-state index contributed by atoms with van der Waals surface area (Å²) in [4.78, 5) is 15.8. The van der Waals surface area contributed by atoms with E-state index in [1.165, 1.54) is 0 Å². The number of carbonyl (C=O) groups is 1. The first kappa shape index (κ1) is 18.7. The molecule has 0 aliphatic heterocycles. The van der Waals surface area contributed by atoms with Crippen molar-refractivity contribution in [3.05, 3.63) is 47.0 Å². The van der Waals surface area contributed by atoms with Gasteiger partial charge in [0, 0.05) is 26.8 Å². The van der Waals surface area contributed by atoms with E-state index in [-0.39, 0.29) is 5.91 Å². The van der Waals surface area contributed by atoms with Gasteiger partial charge < -0.3 is 25.6 Å². The van der Waals surface area contributed by atoms with Crippen LogP contribution in [-0.4, -0.2) is 51.6 Å². The predicted octanol–water partition coefficient (Wildman–Crippen LogP) is 1.91. The lowest BCUT2D eigenvalue weighted by Crippen LogP contribution is -2.57. The van der Waals surface area contributed by atoms with Crippen LogP contribution >= 0.6 is 11.6 Å². The number of fused-ring (bicyclic) bond motifs is 3. The Kier molecular flexibility index (Phi) is 5.20. The third kappa shape index (κ3) is 3.29. The summed E-state index contributed by atoms with van der Waals surface area (Å²) in [5, 5.41) is 33.3. The number of aliphatic hydroxyl groups is 3. The zero-order valence-electron chi connectivity index (χ0n) is 14.3. The van der Waals surface area contributed by atoms with Crippen LogP contribution in [0.3, 0.4) is 0 Å². The number of benzene rings is 2. The highest BCUT2D eigenvalue weighted by molar-refractivity contribution is 6.31. The largest absolute Gasteiger partial charge is 0.394 e. The number of amides is 1. The highest BCUT2D eigenvalue weighted by Gasteiger charge is 2.32. The van der Waals surface area contributed by atoms with Crippen molar-refractivity contribution in [2.24, 2.45) is 0 Å². The van der Waals surface area contributed by atoms with Crippen LogP contribution in [0.1, 0.15) is 18.4 Å². The molecule has 2 aromatic carbocycles. The number of rotatable bonds is 6. The van der Waals surface area contributed by atoms with Crippen LogP contribution in [0.4, 0.5) is 0 Å². The van der Waals surface area contributed by atoms with Crippen molar-refractivity contribution in [2.75, 3.05) is 19.8 Å². The molecule has 3 rings (SSSR count). The number of hydrogen-bond donors (Lipinski definition) is 5. The average molecular weight is 377 g/mol. The van der Waals surface area contributed by atoms with Gasteiger partial charge in [-0.3, -0.25) is 4.79 Å². The number of aromatic amines is 1. The van der Waals surface area contributed by atoms with Gasteiger partial charge in [0.1, 0.15) is 5.54 Å². The molecule has 0 aliphatic carbocycles. The number of hydrogen-bond acceptors (Lipinski definition) is 4. The molecule has 0 spiro atoms. The smallest absolute Gasteiger partial charge is 0.227 e. The molecule has 0 saturated heterocycles. The Labute approximate surface area is 155 Å². The monoisotopic (exact) mass is 376 g/mol. The topological polar surface area (TPSA) is 106 Å². The molecule has 0 bridgehead atoms. The Hall–Kier alpha value is -2.12. The number of halogens is 1. The van der Waals surface area contributed by atoms with Crippen LogP contribution in [0, 0.1) is 0 Å². The Morgan fingerprint density at radius 2 is 1.77 bits per heavy atom. The van der Waals surface area contributed by atoms with E-state index < -0.39 is 31.3 Å². The van der Waals surface area contributed by atoms with E-state index in [1.807, 2.05) is 36.4 Å². The maximum Gasteiger partial charge on any atom is 0.227 e. The van der Waals surface area contributed by atoms with Crippen LogP contribution in [0.15, 0.2) is 36.4 Å². The molecule has 3 aromatic rings. The predicted molar refractivity (Wildman–Crippen MR) is 101 cm³/mol. The van der Waals surface area contributed by atoms with Gasteiger partial charge in [0.2, 0.25) is 5.91 Å². The highest BCUT2D eigenvalue weighted by Crippen LogP contribution is 2.30. The normalized spacial score (nSPS) is 13.3. The van der Waals surface area contributed by atoms with Crippen LogP contribution < -0.4 is 5.32 Å². The first-order chi connectivity index (χ1) is 12.4. The van der Waals surface area contributed by atoms with Crippen molar-refractivity contribution in [3.8, 4) is 0 Å². The molecule has 1 heterocycles. The lowest BCUT2D eigenvalue weighted by Gasteiger charge is -2.30. The molecule has 5 N–H and O–H groups in total. The van der Waals surface area contributed by atoms with Crippen molar-refractivity contribution in [3.63, 3.8) is 0 Å². The van der Waals surface area contributed by atoms with Gasteiger partial charge in [-0.05, 0) is 36.8 Å². The van der Waals surface area contributed by atoms with Gasteiger partial charge in [0.25, 0.3) is 0 Å². The summed E-state index contributed by atoms with van der Waals surface area (Å²) in [5.74, 6) is -0.918. The molecule has 0 radical (unpaired) electrons. The van der Waals surface area contributed by atoms with Crippen LogP contribution in [-0.2, 0) is 4.79 Å². The minimum absolute atomic E-state index is 0.388. The standard InChI is InChI=1S/C19H21ClN2O4/c1-11(18(26)22-19(8-23,9-24)10-25)12-2-4-14-15-7-13(20)3-5-16(15)21-17(14)6-12/h2-7,11,21,23-25H,8-10H2,1H3,(H,22,26)/t11-/m0/s1.